The SMILES string of the molecule is CCOc1ccc(CCNC(=O)Nc2cccc(F)c2)cc1OC. The number of urea groups is 1. The largest absolute Gasteiger partial charge is 0.493 e. The minimum Gasteiger partial charge on any atom is -0.493 e. The summed E-state index contributed by atoms with van der Waals surface area (Å²) >= 11 is 0. The van der Waals surface area contributed by atoms with E-state index in [1.54, 1.807) is 13.2 Å². The van der Waals surface area contributed by atoms with Crippen LogP contribution >= 0.6 is 0 Å². The van der Waals surface area contributed by atoms with Gasteiger partial charge in [0.05, 0.1) is 13.7 Å². The lowest BCUT2D eigenvalue weighted by atomic mass is 10.1. The molecule has 0 aliphatic rings. The van der Waals surface area contributed by atoms with Crippen molar-refractivity contribution in [2.24, 2.45) is 0 Å². The van der Waals surface area contributed by atoms with Crippen molar-refractivity contribution in [3.05, 3.63) is 53.8 Å². The normalized spacial score (nSPS) is 10.1. The van der Waals surface area contributed by atoms with Crippen LogP contribution in [0.1, 0.15) is 12.5 Å². The zero-order valence-electron chi connectivity index (χ0n) is 13.8. The number of carbonyl (C=O) groups excluding carboxylic acids is 1. The van der Waals surface area contributed by atoms with E-state index in [4.69, 9.17) is 9.47 Å². The lowest BCUT2D eigenvalue weighted by molar-refractivity contribution is 0.252. The second-order valence-electron chi connectivity index (χ2n) is 5.06. The highest BCUT2D eigenvalue weighted by molar-refractivity contribution is 5.89. The van der Waals surface area contributed by atoms with Gasteiger partial charge in [0.25, 0.3) is 0 Å². The molecule has 2 aromatic carbocycles. The Balaban J connectivity index is 1.84. The minimum atomic E-state index is -0.394. The average Bonchev–Trinajstić information content (AvgIpc) is 2.56. The van der Waals surface area contributed by atoms with Crippen molar-refractivity contribution in [3.8, 4) is 11.5 Å². The molecule has 0 fully saturated rings. The van der Waals surface area contributed by atoms with Crippen LogP contribution in [0, 0.1) is 5.82 Å². The van der Waals surface area contributed by atoms with E-state index in [0.717, 1.165) is 5.56 Å². The first-order valence-corrected chi connectivity index (χ1v) is 7.72. The molecule has 24 heavy (non-hydrogen) atoms. The van der Waals surface area contributed by atoms with Crippen LogP contribution in [-0.4, -0.2) is 26.3 Å². The highest BCUT2D eigenvalue weighted by Gasteiger charge is 2.06. The number of rotatable bonds is 7. The van der Waals surface area contributed by atoms with Crippen LogP contribution in [0.2, 0.25) is 0 Å². The van der Waals surface area contributed by atoms with E-state index in [1.165, 1.54) is 18.2 Å². The Hall–Kier alpha value is -2.76. The van der Waals surface area contributed by atoms with Gasteiger partial charge < -0.3 is 20.1 Å². The number of hydrogen-bond acceptors (Lipinski definition) is 3. The molecule has 128 valence electrons. The number of nitrogens with one attached hydrogen (secondary N) is 2. The Kier molecular flexibility index (Phi) is 6.42. The van der Waals surface area contributed by atoms with Crippen molar-refractivity contribution < 1.29 is 18.7 Å². The molecule has 0 aliphatic heterocycles. The molecule has 0 unspecified atom stereocenters. The topological polar surface area (TPSA) is 59.6 Å². The van der Waals surface area contributed by atoms with Crippen molar-refractivity contribution >= 4 is 11.7 Å². The lowest BCUT2D eigenvalue weighted by Crippen LogP contribution is -2.30. The summed E-state index contributed by atoms with van der Waals surface area (Å²) in [6.07, 6.45) is 0.638. The van der Waals surface area contributed by atoms with Gasteiger partial charge in [0.2, 0.25) is 0 Å². The van der Waals surface area contributed by atoms with E-state index < -0.39 is 5.82 Å². The minimum absolute atomic E-state index is 0.376. The smallest absolute Gasteiger partial charge is 0.319 e. The first-order valence-electron chi connectivity index (χ1n) is 7.72. The molecule has 6 heteroatoms. The predicted molar refractivity (Wildman–Crippen MR) is 91.3 cm³/mol. The van der Waals surface area contributed by atoms with Crippen LogP contribution in [0.25, 0.3) is 0 Å². The Morgan fingerprint density at radius 3 is 2.71 bits per heavy atom. The van der Waals surface area contributed by atoms with Crippen molar-refractivity contribution in [1.29, 1.82) is 0 Å². The summed E-state index contributed by atoms with van der Waals surface area (Å²) in [4.78, 5) is 11.8. The Morgan fingerprint density at radius 2 is 2.00 bits per heavy atom. The van der Waals surface area contributed by atoms with Crippen LogP contribution in [0.4, 0.5) is 14.9 Å². The summed E-state index contributed by atoms with van der Waals surface area (Å²) in [5.74, 6) is 0.966. The number of amides is 2. The number of anilines is 1. The van der Waals surface area contributed by atoms with Gasteiger partial charge in [0.15, 0.2) is 11.5 Å². The molecule has 2 aromatic rings. The van der Waals surface area contributed by atoms with E-state index >= 15 is 0 Å². The zero-order valence-corrected chi connectivity index (χ0v) is 13.8. The maximum absolute atomic E-state index is 13.1. The third-order valence-corrected chi connectivity index (χ3v) is 3.31. The summed E-state index contributed by atoms with van der Waals surface area (Å²) in [5, 5.41) is 5.31. The van der Waals surface area contributed by atoms with E-state index in [0.29, 0.717) is 36.8 Å². The zero-order chi connectivity index (χ0) is 17.4. The highest BCUT2D eigenvalue weighted by Crippen LogP contribution is 2.28. The molecular formula is C18H21FN2O3. The second kappa shape index (κ2) is 8.76. The van der Waals surface area contributed by atoms with Gasteiger partial charge in [-0.25, -0.2) is 9.18 Å². The maximum Gasteiger partial charge on any atom is 0.319 e. The number of carbonyl (C=O) groups is 1. The third-order valence-electron chi connectivity index (χ3n) is 3.31. The molecule has 0 atom stereocenters. The maximum atomic E-state index is 13.1. The summed E-state index contributed by atoms with van der Waals surface area (Å²) in [5.41, 5.74) is 1.43. The molecule has 0 heterocycles. The summed E-state index contributed by atoms with van der Waals surface area (Å²) in [6.45, 7) is 2.92. The quantitative estimate of drug-likeness (QED) is 0.814. The van der Waals surface area contributed by atoms with Gasteiger partial charge in [-0.1, -0.05) is 12.1 Å². The lowest BCUT2D eigenvalue weighted by Gasteiger charge is -2.11. The monoisotopic (exact) mass is 332 g/mol. The Bertz CT molecular complexity index is 692. The van der Waals surface area contributed by atoms with Crippen LogP contribution in [0.15, 0.2) is 42.5 Å². The fraction of sp³-hybridized carbons (Fsp3) is 0.278. The number of ether oxygens (including phenoxy) is 2. The molecule has 2 rings (SSSR count). The van der Waals surface area contributed by atoms with Crippen LogP contribution in [0.3, 0.4) is 0 Å². The van der Waals surface area contributed by atoms with Crippen molar-refractivity contribution in [2.45, 2.75) is 13.3 Å². The van der Waals surface area contributed by atoms with E-state index in [-0.39, 0.29) is 6.03 Å². The van der Waals surface area contributed by atoms with Crippen molar-refractivity contribution in [3.63, 3.8) is 0 Å². The van der Waals surface area contributed by atoms with E-state index in [9.17, 15) is 9.18 Å². The summed E-state index contributed by atoms with van der Waals surface area (Å²) < 4.78 is 23.8. The predicted octanol–water partition coefficient (Wildman–Crippen LogP) is 3.60. The van der Waals surface area contributed by atoms with E-state index in [2.05, 4.69) is 10.6 Å². The van der Waals surface area contributed by atoms with Crippen molar-refractivity contribution in [1.82, 2.24) is 5.32 Å². The standard InChI is InChI=1S/C18H21FN2O3/c1-3-24-16-8-7-13(11-17(16)23-2)9-10-20-18(22)21-15-6-4-5-14(19)12-15/h4-8,11-12H,3,9-10H2,1-2H3,(H2,20,21,22). The van der Waals surface area contributed by atoms with E-state index in [1.807, 2.05) is 25.1 Å². The molecule has 0 spiro atoms. The third kappa shape index (κ3) is 5.15. The molecule has 0 radical (unpaired) electrons. The fourth-order valence-corrected chi connectivity index (χ4v) is 2.20. The van der Waals surface area contributed by atoms with Crippen LogP contribution < -0.4 is 20.1 Å². The molecule has 5 nitrogen and oxygen atoms in total. The Labute approximate surface area is 140 Å². The summed E-state index contributed by atoms with van der Waals surface area (Å²) in [7, 11) is 1.59. The van der Waals surface area contributed by atoms with Gasteiger partial charge in [-0.05, 0) is 49.2 Å². The van der Waals surface area contributed by atoms with Gasteiger partial charge in [-0.15, -0.1) is 0 Å². The van der Waals surface area contributed by atoms with Gasteiger partial charge in [0.1, 0.15) is 5.82 Å². The number of methoxy groups -OCH3 is 1. The molecular weight excluding hydrogens is 311 g/mol. The molecule has 0 saturated heterocycles. The number of benzene rings is 2. The molecule has 0 aliphatic carbocycles. The van der Waals surface area contributed by atoms with Gasteiger partial charge in [0, 0.05) is 12.2 Å². The Morgan fingerprint density at radius 1 is 1.17 bits per heavy atom. The fourth-order valence-electron chi connectivity index (χ4n) is 2.20. The van der Waals surface area contributed by atoms with Crippen LogP contribution in [0.5, 0.6) is 11.5 Å². The molecule has 0 aromatic heterocycles. The first kappa shape index (κ1) is 17.6. The number of hydrogen-bond donors (Lipinski definition) is 2. The first-order chi connectivity index (χ1) is 11.6. The second-order valence-corrected chi connectivity index (χ2v) is 5.06. The molecule has 0 bridgehead atoms. The molecule has 2 amide bonds. The van der Waals surface area contributed by atoms with Crippen molar-refractivity contribution in [2.75, 3.05) is 25.6 Å². The average molecular weight is 332 g/mol. The van der Waals surface area contributed by atoms with Crippen LogP contribution in [-0.2, 0) is 6.42 Å². The molecule has 2 N–H and O–H groups in total. The highest BCUT2D eigenvalue weighted by atomic mass is 19.1. The van der Waals surface area contributed by atoms with Gasteiger partial charge >= 0.3 is 6.03 Å². The molecule has 0 saturated carbocycles. The van der Waals surface area contributed by atoms with Gasteiger partial charge in [-0.3, -0.25) is 0 Å². The summed E-state index contributed by atoms with van der Waals surface area (Å²) in [6, 6.07) is 11.0. The van der Waals surface area contributed by atoms with Gasteiger partial charge in [-0.2, -0.15) is 0 Å². The number of halogens is 1.